The topological polar surface area (TPSA) is 17.1 Å². The summed E-state index contributed by atoms with van der Waals surface area (Å²) in [4.78, 5) is 11.9. The van der Waals surface area contributed by atoms with Crippen molar-refractivity contribution in [1.82, 2.24) is 0 Å². The van der Waals surface area contributed by atoms with Crippen LogP contribution in [0.2, 0.25) is 0 Å². The molecule has 0 aliphatic heterocycles. The number of hydrogen-bond donors (Lipinski definition) is 1. The van der Waals surface area contributed by atoms with Crippen molar-refractivity contribution in [2.45, 2.75) is 32.4 Å². The van der Waals surface area contributed by atoms with Crippen molar-refractivity contribution in [3.63, 3.8) is 0 Å². The molecule has 3 heteroatoms. The van der Waals surface area contributed by atoms with Gasteiger partial charge in [-0.2, -0.15) is 0 Å². The van der Waals surface area contributed by atoms with Gasteiger partial charge in [0.15, 0.2) is 0 Å². The lowest BCUT2D eigenvalue weighted by molar-refractivity contribution is -0.107. The summed E-state index contributed by atoms with van der Waals surface area (Å²) in [5, 5.41) is 0.0741. The highest BCUT2D eigenvalue weighted by Gasteiger charge is 2.14. The summed E-state index contributed by atoms with van der Waals surface area (Å²) in [6, 6.07) is 0. The molecule has 0 radical (unpaired) electrons. The average Bonchev–Trinajstić information content (AvgIpc) is 1.53. The van der Waals surface area contributed by atoms with Crippen molar-refractivity contribution in [2.75, 3.05) is 0 Å². The molecule has 0 bridgehead atoms. The lowest BCUT2D eigenvalue weighted by Crippen LogP contribution is -2.10. The van der Waals surface area contributed by atoms with Crippen LogP contribution in [0.1, 0.15) is 27.7 Å². The molecule has 64 valence electrons. The van der Waals surface area contributed by atoms with Crippen LogP contribution < -0.4 is 0 Å². The predicted molar refractivity (Wildman–Crippen MR) is 55.1 cm³/mol. The van der Waals surface area contributed by atoms with Crippen molar-refractivity contribution in [3.8, 4) is 0 Å². The number of rotatable bonds is 1. The van der Waals surface area contributed by atoms with E-state index in [1.807, 2.05) is 20.8 Å². The van der Waals surface area contributed by atoms with Gasteiger partial charge in [0.2, 0.25) is 5.12 Å². The van der Waals surface area contributed by atoms with Crippen molar-refractivity contribution < 1.29 is 4.79 Å². The number of thioether (sulfide) groups is 1. The van der Waals surface area contributed by atoms with Crippen LogP contribution in [0, 0.1) is 0 Å². The third kappa shape index (κ3) is 8.01. The molecule has 0 saturated carbocycles. The molecule has 0 atom stereocenters. The quantitative estimate of drug-likeness (QED) is 0.506. The Morgan fingerprint density at radius 3 is 2.18 bits per heavy atom. The van der Waals surface area contributed by atoms with E-state index in [4.69, 9.17) is 0 Å². The molecule has 0 aliphatic carbocycles. The van der Waals surface area contributed by atoms with Gasteiger partial charge in [0.05, 0.1) is 0 Å². The van der Waals surface area contributed by atoms with Gasteiger partial charge in [0.25, 0.3) is 0 Å². The van der Waals surface area contributed by atoms with E-state index < -0.39 is 0 Å². The Hall–Kier alpha value is 0.110. The summed E-state index contributed by atoms with van der Waals surface area (Å²) >= 11 is 5.33. The molecule has 0 aromatic carbocycles. The van der Waals surface area contributed by atoms with Gasteiger partial charge in [0.1, 0.15) is 0 Å². The van der Waals surface area contributed by atoms with Gasteiger partial charge in [0, 0.05) is 10.8 Å². The SMILES string of the molecule is C/C(S)=C/C(=O)SC(C)(C)C. The Bertz CT molecular complexity index is 173. The van der Waals surface area contributed by atoms with Crippen LogP contribution in [-0.4, -0.2) is 9.86 Å². The second kappa shape index (κ2) is 4.21. The number of thiol groups is 1. The zero-order valence-corrected chi connectivity index (χ0v) is 9.05. The molecule has 0 heterocycles. The third-order valence-electron chi connectivity index (χ3n) is 0.734. The number of carbonyl (C=O) groups excluding carboxylic acids is 1. The van der Waals surface area contributed by atoms with E-state index in [2.05, 4.69) is 12.6 Å². The van der Waals surface area contributed by atoms with Crippen LogP contribution in [-0.2, 0) is 4.79 Å². The molecule has 0 aromatic rings. The number of hydrogen-bond acceptors (Lipinski definition) is 3. The van der Waals surface area contributed by atoms with Gasteiger partial charge in [-0.1, -0.05) is 32.5 Å². The Kier molecular flexibility index (Phi) is 4.26. The fourth-order valence-corrected chi connectivity index (χ4v) is 1.55. The molecule has 0 rings (SSSR count). The van der Waals surface area contributed by atoms with Gasteiger partial charge in [-0.25, -0.2) is 0 Å². The van der Waals surface area contributed by atoms with Gasteiger partial charge >= 0.3 is 0 Å². The normalized spacial score (nSPS) is 13.4. The minimum Gasteiger partial charge on any atom is -0.282 e. The summed E-state index contributed by atoms with van der Waals surface area (Å²) < 4.78 is -0.00316. The number of allylic oxidation sites excluding steroid dienone is 1. The van der Waals surface area contributed by atoms with Crippen LogP contribution in [0.3, 0.4) is 0 Å². The molecule has 0 aliphatic rings. The highest BCUT2D eigenvalue weighted by molar-refractivity contribution is 8.15. The van der Waals surface area contributed by atoms with E-state index in [9.17, 15) is 4.79 Å². The molecule has 0 amide bonds. The lowest BCUT2D eigenvalue weighted by atomic mass is 10.3. The third-order valence-corrected chi connectivity index (χ3v) is 1.79. The van der Waals surface area contributed by atoms with E-state index in [0.29, 0.717) is 0 Å². The Labute approximate surface area is 78.0 Å². The van der Waals surface area contributed by atoms with Gasteiger partial charge in [-0.05, 0) is 11.8 Å². The smallest absolute Gasteiger partial charge is 0.213 e. The first kappa shape index (κ1) is 11.1. The Morgan fingerprint density at radius 1 is 1.45 bits per heavy atom. The van der Waals surface area contributed by atoms with E-state index in [1.165, 1.54) is 11.8 Å². The fourth-order valence-electron chi connectivity index (χ4n) is 0.502. The summed E-state index contributed by atoms with van der Waals surface area (Å²) in [6.45, 7) is 7.83. The average molecular weight is 190 g/mol. The minimum atomic E-state index is -0.00316. The first-order chi connectivity index (χ1) is 4.81. The maximum atomic E-state index is 11.1. The van der Waals surface area contributed by atoms with Gasteiger partial charge in [-0.15, -0.1) is 12.6 Å². The second-order valence-corrected chi connectivity index (χ2v) is 5.86. The predicted octanol–water partition coefficient (Wildman–Crippen LogP) is 2.88. The molecule has 0 fully saturated rings. The van der Waals surface area contributed by atoms with Crippen LogP contribution in [0.4, 0.5) is 0 Å². The molecule has 0 saturated heterocycles. The molecule has 0 N–H and O–H groups in total. The zero-order valence-electron chi connectivity index (χ0n) is 7.34. The summed E-state index contributed by atoms with van der Waals surface area (Å²) in [7, 11) is 0. The standard InChI is InChI=1S/C8H14OS2/c1-6(10)5-7(9)11-8(2,3)4/h5,10H,1-4H3/b6-5-. The van der Waals surface area contributed by atoms with Crippen molar-refractivity contribution in [1.29, 1.82) is 0 Å². The zero-order chi connectivity index (χ0) is 9.07. The first-order valence-corrected chi connectivity index (χ1v) is 4.68. The van der Waals surface area contributed by atoms with E-state index in [-0.39, 0.29) is 9.86 Å². The Balaban J connectivity index is 4.00. The van der Waals surface area contributed by atoms with Crippen molar-refractivity contribution in [3.05, 3.63) is 11.0 Å². The molecule has 1 nitrogen and oxygen atoms in total. The fraction of sp³-hybridized carbons (Fsp3) is 0.625. The highest BCUT2D eigenvalue weighted by atomic mass is 32.2. The molecule has 0 spiro atoms. The van der Waals surface area contributed by atoms with E-state index >= 15 is 0 Å². The molecule has 0 unspecified atom stereocenters. The highest BCUT2D eigenvalue weighted by Crippen LogP contribution is 2.24. The molecular formula is C8H14OS2. The molecule has 0 aromatic heterocycles. The van der Waals surface area contributed by atoms with Gasteiger partial charge < -0.3 is 0 Å². The van der Waals surface area contributed by atoms with Crippen LogP contribution in [0.15, 0.2) is 11.0 Å². The maximum absolute atomic E-state index is 11.1. The van der Waals surface area contributed by atoms with Crippen LogP contribution in [0.25, 0.3) is 0 Å². The lowest BCUT2D eigenvalue weighted by Gasteiger charge is -2.14. The minimum absolute atomic E-state index is 0.00316. The largest absolute Gasteiger partial charge is 0.282 e. The summed E-state index contributed by atoms with van der Waals surface area (Å²) in [5.74, 6) is 0. The van der Waals surface area contributed by atoms with Crippen LogP contribution in [0.5, 0.6) is 0 Å². The Morgan fingerprint density at radius 2 is 1.91 bits per heavy atom. The van der Waals surface area contributed by atoms with Gasteiger partial charge in [-0.3, -0.25) is 4.79 Å². The summed E-state index contributed by atoms with van der Waals surface area (Å²) in [6.07, 6.45) is 1.54. The van der Waals surface area contributed by atoms with Crippen LogP contribution >= 0.6 is 24.4 Å². The van der Waals surface area contributed by atoms with E-state index in [1.54, 1.807) is 13.0 Å². The second-order valence-electron chi connectivity index (χ2n) is 3.32. The molecule has 11 heavy (non-hydrogen) atoms. The monoisotopic (exact) mass is 190 g/mol. The van der Waals surface area contributed by atoms with Crippen molar-refractivity contribution >= 4 is 29.5 Å². The van der Waals surface area contributed by atoms with E-state index in [0.717, 1.165) is 4.91 Å². The maximum Gasteiger partial charge on any atom is 0.213 e. The van der Waals surface area contributed by atoms with Crippen molar-refractivity contribution in [2.24, 2.45) is 0 Å². The summed E-state index contributed by atoms with van der Waals surface area (Å²) in [5.41, 5.74) is 0. The molecular weight excluding hydrogens is 176 g/mol. The number of carbonyl (C=O) groups is 1. The first-order valence-electron chi connectivity index (χ1n) is 3.41.